The Kier molecular flexibility index (Phi) is 4.47. The van der Waals surface area contributed by atoms with Crippen molar-refractivity contribution >= 4 is 28.3 Å². The summed E-state index contributed by atoms with van der Waals surface area (Å²) in [5, 5.41) is 0.790. The molecule has 8 nitrogen and oxygen atoms in total. The quantitative estimate of drug-likeness (QED) is 0.513. The lowest BCUT2D eigenvalue weighted by atomic mass is 10.2. The normalized spacial score (nSPS) is 14.2. The molecule has 11 heteroatoms. The molecule has 5 rings (SSSR count). The summed E-state index contributed by atoms with van der Waals surface area (Å²) >= 11 is 0. The number of nitrogens with zero attached hydrogens (tertiary/aromatic N) is 5. The van der Waals surface area contributed by atoms with Crippen LogP contribution in [-0.2, 0) is 6.18 Å². The molecule has 3 aromatic heterocycles. The minimum absolute atomic E-state index is 0.0361. The van der Waals surface area contributed by atoms with Gasteiger partial charge < -0.3 is 19.9 Å². The Morgan fingerprint density at radius 2 is 1.84 bits per heavy atom. The first-order valence-electron chi connectivity index (χ1n) is 9.53. The van der Waals surface area contributed by atoms with Gasteiger partial charge in [-0.05, 0) is 36.4 Å². The van der Waals surface area contributed by atoms with E-state index in [1.165, 1.54) is 23.5 Å². The second-order valence-corrected chi connectivity index (χ2v) is 7.07. The molecule has 0 saturated carbocycles. The Labute approximate surface area is 179 Å². The first-order valence-corrected chi connectivity index (χ1v) is 9.53. The highest BCUT2D eigenvalue weighted by Crippen LogP contribution is 2.31. The Morgan fingerprint density at radius 1 is 1.03 bits per heavy atom. The van der Waals surface area contributed by atoms with Crippen molar-refractivity contribution in [2.75, 3.05) is 23.8 Å². The summed E-state index contributed by atoms with van der Waals surface area (Å²) in [4.78, 5) is 26.0. The molecule has 1 aromatic carbocycles. The van der Waals surface area contributed by atoms with Gasteiger partial charge in [-0.3, -0.25) is 4.79 Å². The molecule has 4 heterocycles. The summed E-state index contributed by atoms with van der Waals surface area (Å²) < 4.78 is 45.6. The number of ether oxygens (including phenoxy) is 1. The van der Waals surface area contributed by atoms with Gasteiger partial charge in [0, 0.05) is 17.3 Å². The van der Waals surface area contributed by atoms with Gasteiger partial charge in [0.1, 0.15) is 30.0 Å². The fourth-order valence-corrected chi connectivity index (χ4v) is 3.63. The van der Waals surface area contributed by atoms with Gasteiger partial charge in [0.05, 0.1) is 23.9 Å². The molecule has 0 radical (unpaired) electrons. The lowest BCUT2D eigenvalue weighted by molar-refractivity contribution is -0.141. The number of hydrogen-bond acceptors (Lipinski definition) is 6. The molecule has 2 N–H and O–H groups in total. The molecule has 4 aromatic rings. The molecule has 1 amide bonds. The van der Waals surface area contributed by atoms with Crippen LogP contribution in [0, 0.1) is 0 Å². The van der Waals surface area contributed by atoms with Gasteiger partial charge in [-0.1, -0.05) is 0 Å². The number of carbonyl (C=O) groups is 1. The predicted octanol–water partition coefficient (Wildman–Crippen LogP) is 3.46. The van der Waals surface area contributed by atoms with Gasteiger partial charge in [0.25, 0.3) is 5.91 Å². The predicted molar refractivity (Wildman–Crippen MR) is 110 cm³/mol. The van der Waals surface area contributed by atoms with E-state index in [0.717, 1.165) is 17.0 Å². The third-order valence-corrected chi connectivity index (χ3v) is 5.16. The SMILES string of the molecule is Nc1ncnc2c1C(=O)N(c1ccc3c(ccn3-c3ccc(C(F)(F)F)nc3)c1)CCO2. The first-order chi connectivity index (χ1) is 15.3. The number of nitrogen functional groups attached to an aromatic ring is 1. The third kappa shape index (κ3) is 3.27. The van der Waals surface area contributed by atoms with Crippen LogP contribution in [0.25, 0.3) is 16.6 Å². The monoisotopic (exact) mass is 440 g/mol. The van der Waals surface area contributed by atoms with Crippen molar-refractivity contribution < 1.29 is 22.7 Å². The van der Waals surface area contributed by atoms with E-state index < -0.39 is 11.9 Å². The van der Waals surface area contributed by atoms with Gasteiger partial charge in [-0.15, -0.1) is 0 Å². The van der Waals surface area contributed by atoms with Crippen molar-refractivity contribution in [3.63, 3.8) is 0 Å². The van der Waals surface area contributed by atoms with E-state index in [1.807, 2.05) is 6.07 Å². The Morgan fingerprint density at radius 3 is 2.59 bits per heavy atom. The van der Waals surface area contributed by atoms with Crippen LogP contribution >= 0.6 is 0 Å². The Bertz CT molecular complexity index is 1330. The zero-order valence-electron chi connectivity index (χ0n) is 16.4. The number of halogens is 3. The molecule has 162 valence electrons. The van der Waals surface area contributed by atoms with Crippen LogP contribution < -0.4 is 15.4 Å². The standard InChI is InChI=1S/C21H15F3N6O2/c22-21(23,24)16-4-2-14(10-26-16)29-6-5-12-9-13(1-3-15(12)29)30-7-8-32-19-17(20(30)31)18(25)27-11-28-19/h1-6,9-11H,7-8H2,(H2,25,27,28). The average Bonchev–Trinajstić information content (AvgIpc) is 3.11. The largest absolute Gasteiger partial charge is 0.475 e. The second-order valence-electron chi connectivity index (χ2n) is 7.07. The summed E-state index contributed by atoms with van der Waals surface area (Å²) in [7, 11) is 0. The molecule has 0 fully saturated rings. The minimum atomic E-state index is -4.50. The molecule has 0 unspecified atom stereocenters. The number of nitrogens with two attached hydrogens (primary N) is 1. The highest BCUT2D eigenvalue weighted by molar-refractivity contribution is 6.11. The summed E-state index contributed by atoms with van der Waals surface area (Å²) in [5.74, 6) is -0.192. The lowest BCUT2D eigenvalue weighted by Gasteiger charge is -2.20. The number of fused-ring (bicyclic) bond motifs is 2. The maximum absolute atomic E-state index is 13.1. The smallest absolute Gasteiger partial charge is 0.433 e. The second kappa shape index (κ2) is 7.22. The van der Waals surface area contributed by atoms with Crippen LogP contribution in [0.15, 0.2) is 55.1 Å². The van der Waals surface area contributed by atoms with E-state index in [1.54, 1.807) is 29.0 Å². The van der Waals surface area contributed by atoms with E-state index in [9.17, 15) is 18.0 Å². The first kappa shape index (κ1) is 19.8. The third-order valence-electron chi connectivity index (χ3n) is 5.16. The van der Waals surface area contributed by atoms with Gasteiger partial charge >= 0.3 is 6.18 Å². The molecule has 0 bridgehead atoms. The molecule has 32 heavy (non-hydrogen) atoms. The van der Waals surface area contributed by atoms with E-state index >= 15 is 0 Å². The van der Waals surface area contributed by atoms with Crippen molar-refractivity contribution in [1.29, 1.82) is 0 Å². The zero-order valence-corrected chi connectivity index (χ0v) is 16.4. The maximum atomic E-state index is 13.1. The molecular weight excluding hydrogens is 425 g/mol. The molecule has 0 atom stereocenters. The number of pyridine rings is 1. The van der Waals surface area contributed by atoms with E-state index in [0.29, 0.717) is 11.4 Å². The molecule has 0 saturated heterocycles. The van der Waals surface area contributed by atoms with Crippen LogP contribution in [0.1, 0.15) is 16.1 Å². The van der Waals surface area contributed by atoms with Crippen LogP contribution in [0.2, 0.25) is 0 Å². The zero-order chi connectivity index (χ0) is 22.5. The summed E-state index contributed by atoms with van der Waals surface area (Å²) in [6, 6.07) is 9.45. The number of carbonyl (C=O) groups excluding carboxylic acids is 1. The number of amides is 1. The number of anilines is 2. The number of alkyl halides is 3. The van der Waals surface area contributed by atoms with Gasteiger partial charge in [0.15, 0.2) is 0 Å². The summed E-state index contributed by atoms with van der Waals surface area (Å²) in [6.07, 6.45) is -0.358. The highest BCUT2D eigenvalue weighted by Gasteiger charge is 2.32. The van der Waals surface area contributed by atoms with E-state index in [2.05, 4.69) is 15.0 Å². The van der Waals surface area contributed by atoms with Gasteiger partial charge in [0.2, 0.25) is 5.88 Å². The van der Waals surface area contributed by atoms with Crippen molar-refractivity contribution in [2.45, 2.75) is 6.18 Å². The van der Waals surface area contributed by atoms with Crippen LogP contribution in [-0.4, -0.2) is 38.6 Å². The van der Waals surface area contributed by atoms with Gasteiger partial charge in [-0.25, -0.2) is 15.0 Å². The fraction of sp³-hybridized carbons (Fsp3) is 0.143. The number of hydrogen-bond donors (Lipinski definition) is 1. The van der Waals surface area contributed by atoms with Crippen molar-refractivity contribution in [2.24, 2.45) is 0 Å². The van der Waals surface area contributed by atoms with Gasteiger partial charge in [-0.2, -0.15) is 13.2 Å². The van der Waals surface area contributed by atoms with Crippen LogP contribution in [0.3, 0.4) is 0 Å². The Balaban J connectivity index is 1.50. The molecular formula is C21H15F3N6O2. The number of rotatable bonds is 2. The lowest BCUT2D eigenvalue weighted by Crippen LogP contribution is -2.32. The average molecular weight is 440 g/mol. The van der Waals surface area contributed by atoms with E-state index in [4.69, 9.17) is 10.5 Å². The van der Waals surface area contributed by atoms with Crippen molar-refractivity contribution in [3.05, 3.63) is 66.4 Å². The molecule has 1 aliphatic heterocycles. The number of benzene rings is 1. The highest BCUT2D eigenvalue weighted by atomic mass is 19.4. The summed E-state index contributed by atoms with van der Waals surface area (Å²) in [5.41, 5.74) is 6.88. The molecule has 0 spiro atoms. The van der Waals surface area contributed by atoms with E-state index in [-0.39, 0.29) is 36.3 Å². The fourth-order valence-electron chi connectivity index (χ4n) is 3.63. The van der Waals surface area contributed by atoms with Crippen molar-refractivity contribution in [1.82, 2.24) is 19.5 Å². The molecule has 1 aliphatic rings. The minimum Gasteiger partial charge on any atom is -0.475 e. The maximum Gasteiger partial charge on any atom is 0.433 e. The molecule has 0 aliphatic carbocycles. The topological polar surface area (TPSA) is 99.2 Å². The summed E-state index contributed by atoms with van der Waals surface area (Å²) in [6.45, 7) is 0.509. The Hall–Kier alpha value is -4.15. The number of aromatic nitrogens is 4. The van der Waals surface area contributed by atoms with Crippen LogP contribution in [0.5, 0.6) is 5.88 Å². The van der Waals surface area contributed by atoms with Crippen molar-refractivity contribution in [3.8, 4) is 11.6 Å². The van der Waals surface area contributed by atoms with Crippen LogP contribution in [0.4, 0.5) is 24.7 Å².